The minimum absolute atomic E-state index is 0.108. The number of likely N-dealkylation sites (tertiary alicyclic amines) is 1. The van der Waals surface area contributed by atoms with E-state index in [9.17, 15) is 18.0 Å². The maximum atomic E-state index is 13.4. The zero-order valence-electron chi connectivity index (χ0n) is 18.7. The molecule has 0 aliphatic carbocycles. The summed E-state index contributed by atoms with van der Waals surface area (Å²) < 4.78 is 27.3. The highest BCUT2D eigenvalue weighted by Crippen LogP contribution is 2.25. The van der Waals surface area contributed by atoms with Crippen molar-refractivity contribution in [2.75, 3.05) is 18.4 Å². The molecule has 1 fully saturated rings. The number of nitrogens with one attached hydrogen (secondary N) is 2. The molecule has 174 valence electrons. The molecule has 2 aliphatic heterocycles. The summed E-state index contributed by atoms with van der Waals surface area (Å²) in [6.45, 7) is 4.62. The van der Waals surface area contributed by atoms with Gasteiger partial charge in [-0.25, -0.2) is 8.42 Å². The van der Waals surface area contributed by atoms with Gasteiger partial charge in [-0.2, -0.15) is 0 Å². The number of fused-ring (bicyclic) bond motifs is 1. The number of anilines is 1. The van der Waals surface area contributed by atoms with E-state index in [-0.39, 0.29) is 34.4 Å². The van der Waals surface area contributed by atoms with E-state index in [0.717, 1.165) is 12.1 Å². The lowest BCUT2D eigenvalue weighted by Crippen LogP contribution is -2.48. The van der Waals surface area contributed by atoms with Gasteiger partial charge in [0.2, 0.25) is 11.8 Å². The van der Waals surface area contributed by atoms with Gasteiger partial charge in [0.05, 0.1) is 10.8 Å². The SMILES string of the molecule is CC(C)[C@H](N=C1NS(=O)(=O)c2ccccc21)C(=O)N1CCCC(C(=O)Nc2ccccc2)C1. The Bertz CT molecular complexity index is 1180. The topological polar surface area (TPSA) is 108 Å². The van der Waals surface area contributed by atoms with Crippen molar-refractivity contribution in [3.05, 3.63) is 60.2 Å². The molecule has 1 unspecified atom stereocenters. The average Bonchev–Trinajstić information content (AvgIpc) is 3.07. The first-order valence-corrected chi connectivity index (χ1v) is 12.6. The molecule has 2 N–H and O–H groups in total. The second-order valence-corrected chi connectivity index (χ2v) is 10.4. The van der Waals surface area contributed by atoms with Crippen LogP contribution in [-0.4, -0.2) is 50.1 Å². The number of benzene rings is 2. The lowest BCUT2D eigenvalue weighted by molar-refractivity contribution is -0.136. The van der Waals surface area contributed by atoms with Gasteiger partial charge in [0.15, 0.2) is 0 Å². The molecule has 2 aromatic rings. The van der Waals surface area contributed by atoms with E-state index in [1.54, 1.807) is 23.1 Å². The fourth-order valence-corrected chi connectivity index (χ4v) is 5.44. The maximum Gasteiger partial charge on any atom is 0.263 e. The van der Waals surface area contributed by atoms with Crippen molar-refractivity contribution < 1.29 is 18.0 Å². The third-order valence-corrected chi connectivity index (χ3v) is 7.36. The predicted molar refractivity (Wildman–Crippen MR) is 126 cm³/mol. The van der Waals surface area contributed by atoms with E-state index in [4.69, 9.17) is 0 Å². The van der Waals surface area contributed by atoms with Crippen LogP contribution in [0.4, 0.5) is 5.69 Å². The monoisotopic (exact) mass is 468 g/mol. The minimum Gasteiger partial charge on any atom is -0.340 e. The van der Waals surface area contributed by atoms with Crippen LogP contribution in [0.15, 0.2) is 64.5 Å². The average molecular weight is 469 g/mol. The fourth-order valence-electron chi connectivity index (χ4n) is 4.20. The van der Waals surface area contributed by atoms with Crippen LogP contribution >= 0.6 is 0 Å². The Kier molecular flexibility index (Phi) is 6.51. The van der Waals surface area contributed by atoms with Crippen LogP contribution in [0.25, 0.3) is 0 Å². The summed E-state index contributed by atoms with van der Waals surface area (Å²) in [5.41, 5.74) is 1.19. The molecular weight excluding hydrogens is 440 g/mol. The number of nitrogens with zero attached hydrogens (tertiary/aromatic N) is 2. The van der Waals surface area contributed by atoms with Crippen LogP contribution in [0.2, 0.25) is 0 Å². The van der Waals surface area contributed by atoms with E-state index in [1.807, 2.05) is 44.2 Å². The maximum absolute atomic E-state index is 13.4. The molecule has 1 saturated heterocycles. The van der Waals surface area contributed by atoms with Crippen molar-refractivity contribution in [1.29, 1.82) is 0 Å². The first kappa shape index (κ1) is 23.0. The fraction of sp³-hybridized carbons (Fsp3) is 0.375. The highest BCUT2D eigenvalue weighted by atomic mass is 32.2. The Morgan fingerprint density at radius 1 is 1.09 bits per heavy atom. The number of rotatable bonds is 5. The third-order valence-electron chi connectivity index (χ3n) is 5.96. The summed E-state index contributed by atoms with van der Waals surface area (Å²) in [5, 5.41) is 2.92. The molecule has 0 saturated carbocycles. The molecule has 2 heterocycles. The molecule has 2 amide bonds. The summed E-state index contributed by atoms with van der Waals surface area (Å²) in [5.74, 6) is -0.579. The lowest BCUT2D eigenvalue weighted by Gasteiger charge is -2.34. The Hall–Kier alpha value is -3.20. The summed E-state index contributed by atoms with van der Waals surface area (Å²) in [6.07, 6.45) is 1.42. The van der Waals surface area contributed by atoms with Gasteiger partial charge >= 0.3 is 0 Å². The predicted octanol–water partition coefficient (Wildman–Crippen LogP) is 2.63. The van der Waals surface area contributed by atoms with Crippen molar-refractivity contribution in [1.82, 2.24) is 9.62 Å². The molecule has 0 spiro atoms. The number of hydrogen-bond acceptors (Lipinski definition) is 5. The molecule has 9 heteroatoms. The number of carbonyl (C=O) groups is 2. The van der Waals surface area contributed by atoms with Gasteiger partial charge in [-0.15, -0.1) is 0 Å². The quantitative estimate of drug-likeness (QED) is 0.703. The van der Waals surface area contributed by atoms with Gasteiger partial charge < -0.3 is 10.2 Å². The smallest absolute Gasteiger partial charge is 0.263 e. The number of hydrogen-bond donors (Lipinski definition) is 2. The van der Waals surface area contributed by atoms with Crippen molar-refractivity contribution >= 4 is 33.4 Å². The first-order valence-electron chi connectivity index (χ1n) is 11.1. The number of sulfonamides is 1. The van der Waals surface area contributed by atoms with E-state index >= 15 is 0 Å². The van der Waals surface area contributed by atoms with Crippen LogP contribution < -0.4 is 10.0 Å². The van der Waals surface area contributed by atoms with Gasteiger partial charge in [-0.05, 0) is 43.0 Å². The van der Waals surface area contributed by atoms with Gasteiger partial charge in [-0.1, -0.05) is 44.2 Å². The van der Waals surface area contributed by atoms with E-state index in [1.165, 1.54) is 6.07 Å². The van der Waals surface area contributed by atoms with Crippen molar-refractivity contribution in [2.24, 2.45) is 16.8 Å². The number of aliphatic imine (C=N–C) groups is 1. The Morgan fingerprint density at radius 3 is 2.52 bits per heavy atom. The second kappa shape index (κ2) is 9.35. The van der Waals surface area contributed by atoms with Gasteiger partial charge in [0.1, 0.15) is 11.9 Å². The molecule has 33 heavy (non-hydrogen) atoms. The summed E-state index contributed by atoms with van der Waals surface area (Å²) in [4.78, 5) is 32.6. The van der Waals surface area contributed by atoms with Crippen LogP contribution in [-0.2, 0) is 19.6 Å². The van der Waals surface area contributed by atoms with Crippen LogP contribution in [0.3, 0.4) is 0 Å². The number of amides is 2. The number of para-hydroxylation sites is 1. The molecule has 2 atom stereocenters. The summed E-state index contributed by atoms with van der Waals surface area (Å²) in [7, 11) is -3.69. The van der Waals surface area contributed by atoms with Gasteiger partial charge in [0.25, 0.3) is 10.0 Å². The van der Waals surface area contributed by atoms with Gasteiger partial charge in [-0.3, -0.25) is 19.3 Å². The molecular formula is C24H28N4O4S. The largest absolute Gasteiger partial charge is 0.340 e. The Balaban J connectivity index is 1.52. The normalized spacial score (nSPS) is 21.4. The van der Waals surface area contributed by atoms with E-state index < -0.39 is 16.1 Å². The minimum atomic E-state index is -3.69. The molecule has 0 aromatic heterocycles. The van der Waals surface area contributed by atoms with Crippen molar-refractivity contribution in [3.63, 3.8) is 0 Å². The lowest BCUT2D eigenvalue weighted by atomic mass is 9.95. The second-order valence-electron chi connectivity index (χ2n) is 8.75. The number of piperidine rings is 1. The van der Waals surface area contributed by atoms with Crippen LogP contribution in [0.5, 0.6) is 0 Å². The van der Waals surface area contributed by atoms with Crippen molar-refractivity contribution in [3.8, 4) is 0 Å². The van der Waals surface area contributed by atoms with E-state index in [2.05, 4.69) is 15.0 Å². The standard InChI is InChI=1S/C24H28N4O4S/c1-16(2)21(26-22-19-12-6-7-13-20(19)33(31,32)27-22)24(30)28-14-8-9-17(15-28)23(29)25-18-10-4-3-5-11-18/h3-7,10-13,16-17,21H,8-9,14-15H2,1-2H3,(H,25,29)(H,26,27)/t17?,21-/m0/s1. The molecule has 8 nitrogen and oxygen atoms in total. The van der Waals surface area contributed by atoms with Crippen LogP contribution in [0.1, 0.15) is 32.3 Å². The Labute approximate surface area is 194 Å². The molecule has 2 aliphatic rings. The molecule has 0 radical (unpaired) electrons. The molecule has 0 bridgehead atoms. The highest BCUT2D eigenvalue weighted by molar-refractivity contribution is 7.90. The zero-order valence-corrected chi connectivity index (χ0v) is 19.5. The third kappa shape index (κ3) is 4.93. The Morgan fingerprint density at radius 2 is 1.79 bits per heavy atom. The highest BCUT2D eigenvalue weighted by Gasteiger charge is 2.36. The summed E-state index contributed by atoms with van der Waals surface area (Å²) in [6, 6.07) is 15.1. The first-order chi connectivity index (χ1) is 15.8. The summed E-state index contributed by atoms with van der Waals surface area (Å²) >= 11 is 0. The zero-order chi connectivity index (χ0) is 23.6. The van der Waals surface area contributed by atoms with E-state index in [0.29, 0.717) is 25.1 Å². The number of carbonyl (C=O) groups excluding carboxylic acids is 2. The number of amidine groups is 1. The van der Waals surface area contributed by atoms with Crippen molar-refractivity contribution in [2.45, 2.75) is 37.6 Å². The molecule has 4 rings (SSSR count). The van der Waals surface area contributed by atoms with Crippen LogP contribution in [0, 0.1) is 11.8 Å². The van der Waals surface area contributed by atoms with Gasteiger partial charge in [0, 0.05) is 24.3 Å². The molecule has 2 aromatic carbocycles.